The third-order valence-electron chi connectivity index (χ3n) is 4.17. The molecule has 1 aromatic carbocycles. The van der Waals surface area contributed by atoms with Crippen molar-refractivity contribution in [3.05, 3.63) is 35.4 Å². The summed E-state index contributed by atoms with van der Waals surface area (Å²) in [5.41, 5.74) is 1.63. The van der Waals surface area contributed by atoms with E-state index in [0.29, 0.717) is 25.2 Å². The van der Waals surface area contributed by atoms with Crippen molar-refractivity contribution < 1.29 is 8.42 Å². The van der Waals surface area contributed by atoms with Gasteiger partial charge in [0, 0.05) is 19.6 Å². The molecule has 0 aliphatic carbocycles. The van der Waals surface area contributed by atoms with E-state index in [2.05, 4.69) is 16.4 Å². The van der Waals surface area contributed by atoms with E-state index in [0.717, 1.165) is 18.1 Å². The molecule has 0 atom stereocenters. The third-order valence-corrected chi connectivity index (χ3v) is 6.71. The lowest BCUT2D eigenvalue weighted by molar-refractivity contribution is 0.353. The Bertz CT molecular complexity index is 746. The quantitative estimate of drug-likeness (QED) is 0.661. The summed E-state index contributed by atoms with van der Waals surface area (Å²) >= 11 is 0. The number of guanidine groups is 1. The molecule has 0 radical (unpaired) electrons. The van der Waals surface area contributed by atoms with Crippen molar-refractivity contribution >= 4 is 15.8 Å². The first-order valence-electron chi connectivity index (χ1n) is 8.03. The van der Waals surface area contributed by atoms with Gasteiger partial charge in [-0.1, -0.05) is 12.1 Å². The Morgan fingerprint density at radius 2 is 2.04 bits per heavy atom. The second-order valence-corrected chi connectivity index (χ2v) is 9.22. The SMILES string of the molecule is CCNC(=NCc1ccc(C#N)cc1)N1CCS(=O)(=O)C(C)(C)C1. The smallest absolute Gasteiger partial charge is 0.194 e. The normalized spacial score (nSPS) is 19.6. The van der Waals surface area contributed by atoms with Crippen molar-refractivity contribution in [1.29, 1.82) is 5.26 Å². The van der Waals surface area contributed by atoms with Crippen LogP contribution in [-0.2, 0) is 16.4 Å². The van der Waals surface area contributed by atoms with E-state index in [4.69, 9.17) is 5.26 Å². The van der Waals surface area contributed by atoms with Gasteiger partial charge >= 0.3 is 0 Å². The summed E-state index contributed by atoms with van der Waals surface area (Å²) in [6.07, 6.45) is 0. The van der Waals surface area contributed by atoms with Gasteiger partial charge in [0.25, 0.3) is 0 Å². The minimum absolute atomic E-state index is 0.140. The van der Waals surface area contributed by atoms with Crippen molar-refractivity contribution in [1.82, 2.24) is 10.2 Å². The summed E-state index contributed by atoms with van der Waals surface area (Å²) in [6, 6.07) is 9.41. The summed E-state index contributed by atoms with van der Waals surface area (Å²) in [5.74, 6) is 0.867. The number of hydrogen-bond donors (Lipinski definition) is 1. The molecule has 1 saturated heterocycles. The molecule has 0 amide bonds. The molecule has 1 heterocycles. The van der Waals surface area contributed by atoms with Crippen LogP contribution < -0.4 is 5.32 Å². The Kier molecular flexibility index (Phi) is 5.50. The maximum absolute atomic E-state index is 12.2. The van der Waals surface area contributed by atoms with Gasteiger partial charge in [0.1, 0.15) is 0 Å². The van der Waals surface area contributed by atoms with Gasteiger partial charge in [-0.2, -0.15) is 5.26 Å². The van der Waals surface area contributed by atoms with Gasteiger partial charge in [0.05, 0.1) is 28.7 Å². The van der Waals surface area contributed by atoms with E-state index in [1.165, 1.54) is 0 Å². The summed E-state index contributed by atoms with van der Waals surface area (Å²) < 4.78 is 23.5. The number of aliphatic imine (C=N–C) groups is 1. The molecule has 0 saturated carbocycles. The third kappa shape index (κ3) is 4.06. The predicted molar refractivity (Wildman–Crippen MR) is 95.4 cm³/mol. The lowest BCUT2D eigenvalue weighted by atomic mass is 10.1. The molecular weight excluding hydrogens is 324 g/mol. The highest BCUT2D eigenvalue weighted by Crippen LogP contribution is 2.23. The van der Waals surface area contributed by atoms with Crippen LogP contribution >= 0.6 is 0 Å². The average molecular weight is 348 g/mol. The van der Waals surface area contributed by atoms with Crippen LogP contribution in [0.2, 0.25) is 0 Å². The summed E-state index contributed by atoms with van der Waals surface area (Å²) in [5, 5.41) is 12.1. The maximum Gasteiger partial charge on any atom is 0.194 e. The number of rotatable bonds is 3. The van der Waals surface area contributed by atoms with Crippen molar-refractivity contribution in [3.63, 3.8) is 0 Å². The minimum atomic E-state index is -3.07. The Morgan fingerprint density at radius 1 is 1.38 bits per heavy atom. The molecule has 2 rings (SSSR count). The summed E-state index contributed by atoms with van der Waals surface area (Å²) in [7, 11) is -3.07. The van der Waals surface area contributed by atoms with Crippen LogP contribution in [-0.4, -0.2) is 49.4 Å². The summed E-state index contributed by atoms with van der Waals surface area (Å²) in [6.45, 7) is 7.59. The van der Waals surface area contributed by atoms with Crippen LogP contribution in [0.4, 0.5) is 0 Å². The molecular formula is C17H24N4O2S. The maximum atomic E-state index is 12.2. The van der Waals surface area contributed by atoms with Gasteiger partial charge in [-0.05, 0) is 38.5 Å². The number of nitrogens with zero attached hydrogens (tertiary/aromatic N) is 3. The van der Waals surface area contributed by atoms with Crippen molar-refractivity contribution in [2.24, 2.45) is 4.99 Å². The summed E-state index contributed by atoms with van der Waals surface area (Å²) in [4.78, 5) is 6.64. The number of sulfone groups is 1. The van der Waals surface area contributed by atoms with Gasteiger partial charge in [0.2, 0.25) is 0 Å². The van der Waals surface area contributed by atoms with Crippen LogP contribution in [0.25, 0.3) is 0 Å². The predicted octanol–water partition coefficient (Wildman–Crippen LogP) is 1.53. The molecule has 1 aliphatic rings. The van der Waals surface area contributed by atoms with Gasteiger partial charge in [-0.15, -0.1) is 0 Å². The zero-order valence-corrected chi connectivity index (χ0v) is 15.2. The Labute approximate surface area is 144 Å². The number of hydrogen-bond acceptors (Lipinski definition) is 4. The molecule has 6 nitrogen and oxygen atoms in total. The Balaban J connectivity index is 2.15. The fraction of sp³-hybridized carbons (Fsp3) is 0.529. The number of benzene rings is 1. The first-order valence-corrected chi connectivity index (χ1v) is 9.69. The number of nitriles is 1. The fourth-order valence-corrected chi connectivity index (χ4v) is 3.97. The molecule has 24 heavy (non-hydrogen) atoms. The molecule has 0 unspecified atom stereocenters. The average Bonchev–Trinajstić information content (AvgIpc) is 2.54. The molecule has 1 N–H and O–H groups in total. The van der Waals surface area contributed by atoms with E-state index in [1.54, 1.807) is 26.0 Å². The fourth-order valence-electron chi connectivity index (χ4n) is 2.60. The van der Waals surface area contributed by atoms with Crippen molar-refractivity contribution in [2.75, 3.05) is 25.4 Å². The minimum Gasteiger partial charge on any atom is -0.357 e. The highest BCUT2D eigenvalue weighted by atomic mass is 32.2. The molecule has 1 fully saturated rings. The standard InChI is InChI=1S/C17H24N4O2S/c1-4-19-16(20-12-15-7-5-14(11-18)6-8-15)21-9-10-24(22,23)17(2,3)13-21/h5-8H,4,9-10,12-13H2,1-3H3,(H,19,20). The molecule has 0 bridgehead atoms. The molecule has 0 aromatic heterocycles. The van der Waals surface area contributed by atoms with Crippen LogP contribution in [0.5, 0.6) is 0 Å². The van der Waals surface area contributed by atoms with Gasteiger partial charge < -0.3 is 10.2 Å². The lowest BCUT2D eigenvalue weighted by Crippen LogP contribution is -2.57. The van der Waals surface area contributed by atoms with Crippen LogP contribution in [0.15, 0.2) is 29.3 Å². The van der Waals surface area contributed by atoms with E-state index in [9.17, 15) is 8.42 Å². The van der Waals surface area contributed by atoms with Crippen molar-refractivity contribution in [2.45, 2.75) is 32.1 Å². The highest BCUT2D eigenvalue weighted by Gasteiger charge is 2.40. The topological polar surface area (TPSA) is 85.6 Å². The molecule has 1 aliphatic heterocycles. The number of nitrogens with one attached hydrogen (secondary N) is 1. The molecule has 7 heteroatoms. The second kappa shape index (κ2) is 7.22. The molecule has 0 spiro atoms. The zero-order valence-electron chi connectivity index (χ0n) is 14.4. The highest BCUT2D eigenvalue weighted by molar-refractivity contribution is 7.92. The van der Waals surface area contributed by atoms with E-state index in [1.807, 2.05) is 24.0 Å². The Hall–Kier alpha value is -2.07. The first kappa shape index (κ1) is 18.3. The Morgan fingerprint density at radius 3 is 2.58 bits per heavy atom. The van der Waals surface area contributed by atoms with Gasteiger partial charge in [-0.25, -0.2) is 13.4 Å². The van der Waals surface area contributed by atoms with Crippen LogP contribution in [0, 0.1) is 11.3 Å². The monoisotopic (exact) mass is 348 g/mol. The molecule has 130 valence electrons. The zero-order chi connectivity index (χ0) is 17.8. The van der Waals surface area contributed by atoms with Gasteiger partial charge in [-0.3, -0.25) is 0 Å². The van der Waals surface area contributed by atoms with Gasteiger partial charge in [0.15, 0.2) is 15.8 Å². The lowest BCUT2D eigenvalue weighted by Gasteiger charge is -2.39. The van der Waals surface area contributed by atoms with E-state index < -0.39 is 14.6 Å². The second-order valence-electron chi connectivity index (χ2n) is 6.48. The van der Waals surface area contributed by atoms with Crippen LogP contribution in [0.1, 0.15) is 31.9 Å². The molecule has 1 aromatic rings. The van der Waals surface area contributed by atoms with E-state index in [-0.39, 0.29) is 5.75 Å². The van der Waals surface area contributed by atoms with Crippen LogP contribution in [0.3, 0.4) is 0 Å². The first-order chi connectivity index (χ1) is 11.3. The largest absolute Gasteiger partial charge is 0.357 e. The van der Waals surface area contributed by atoms with E-state index >= 15 is 0 Å². The van der Waals surface area contributed by atoms with Crippen molar-refractivity contribution in [3.8, 4) is 6.07 Å².